The molecule has 15 heavy (non-hydrogen) atoms. The van der Waals surface area contributed by atoms with Gasteiger partial charge < -0.3 is 4.74 Å². The topological polar surface area (TPSA) is 82.3 Å². The summed E-state index contributed by atoms with van der Waals surface area (Å²) in [6.07, 6.45) is -1.98. The van der Waals surface area contributed by atoms with Gasteiger partial charge in [0, 0.05) is 0 Å². The zero-order valence-electron chi connectivity index (χ0n) is 7.65. The molecular formula is C7H8F2N2O3S. The van der Waals surface area contributed by atoms with Gasteiger partial charge in [0.1, 0.15) is 5.75 Å². The Labute approximate surface area is 84.9 Å². The number of aromatic nitrogens is 1. The van der Waals surface area contributed by atoms with Crippen LogP contribution in [0, 0.1) is 0 Å². The minimum absolute atomic E-state index is 0.0395. The number of ether oxygens (including phenoxy) is 1. The Kier molecular flexibility index (Phi) is 3.20. The molecule has 1 aromatic rings. The SMILES string of the molecule is COc1cnc(S(N)(=O)=O)c(C(F)F)c1. The number of sulfonamides is 1. The average molecular weight is 238 g/mol. The number of primary sulfonamides is 1. The summed E-state index contributed by atoms with van der Waals surface area (Å²) in [6, 6.07) is 0.886. The fourth-order valence-electron chi connectivity index (χ4n) is 0.955. The van der Waals surface area contributed by atoms with Gasteiger partial charge in [0.15, 0.2) is 5.03 Å². The summed E-state index contributed by atoms with van der Waals surface area (Å²) in [6.45, 7) is 0. The first kappa shape index (κ1) is 11.8. The van der Waals surface area contributed by atoms with E-state index in [-0.39, 0.29) is 5.75 Å². The summed E-state index contributed by atoms with van der Waals surface area (Å²) >= 11 is 0. The molecule has 0 saturated carbocycles. The summed E-state index contributed by atoms with van der Waals surface area (Å²) in [5, 5.41) is 3.89. The molecule has 84 valence electrons. The average Bonchev–Trinajstić information content (AvgIpc) is 2.15. The van der Waals surface area contributed by atoms with E-state index < -0.39 is 27.0 Å². The summed E-state index contributed by atoms with van der Waals surface area (Å²) in [5.74, 6) is 0.0395. The van der Waals surface area contributed by atoms with E-state index in [0.29, 0.717) is 0 Å². The number of alkyl halides is 2. The first-order valence-corrected chi connectivity index (χ1v) is 5.25. The second-order valence-electron chi connectivity index (χ2n) is 2.62. The van der Waals surface area contributed by atoms with Crippen LogP contribution in [0.25, 0.3) is 0 Å². The van der Waals surface area contributed by atoms with Gasteiger partial charge in [-0.3, -0.25) is 0 Å². The van der Waals surface area contributed by atoms with Crippen molar-refractivity contribution in [3.8, 4) is 5.75 Å². The van der Waals surface area contributed by atoms with E-state index >= 15 is 0 Å². The first-order chi connectivity index (χ1) is 6.86. The highest BCUT2D eigenvalue weighted by molar-refractivity contribution is 7.89. The van der Waals surface area contributed by atoms with Gasteiger partial charge >= 0.3 is 0 Å². The van der Waals surface area contributed by atoms with Crippen molar-refractivity contribution < 1.29 is 21.9 Å². The number of halogens is 2. The van der Waals surface area contributed by atoms with Crippen LogP contribution in [0.4, 0.5) is 8.78 Å². The lowest BCUT2D eigenvalue weighted by molar-refractivity contribution is 0.146. The summed E-state index contributed by atoms with van der Waals surface area (Å²) in [5.41, 5.74) is -0.767. The number of hydrogen-bond acceptors (Lipinski definition) is 4. The van der Waals surface area contributed by atoms with Gasteiger partial charge in [-0.15, -0.1) is 0 Å². The molecule has 1 rings (SSSR count). The molecule has 0 bridgehead atoms. The van der Waals surface area contributed by atoms with Crippen LogP contribution < -0.4 is 9.88 Å². The summed E-state index contributed by atoms with van der Waals surface area (Å²) in [4.78, 5) is 3.32. The Morgan fingerprint density at radius 3 is 2.53 bits per heavy atom. The molecular weight excluding hydrogens is 230 g/mol. The van der Waals surface area contributed by atoms with Crippen LogP contribution in [-0.4, -0.2) is 20.5 Å². The Bertz CT molecular complexity index is 461. The van der Waals surface area contributed by atoms with E-state index in [1.165, 1.54) is 7.11 Å². The van der Waals surface area contributed by atoms with E-state index in [1.807, 2.05) is 0 Å². The zero-order valence-corrected chi connectivity index (χ0v) is 8.46. The molecule has 0 spiro atoms. The van der Waals surface area contributed by atoms with Crippen molar-refractivity contribution in [2.45, 2.75) is 11.5 Å². The monoisotopic (exact) mass is 238 g/mol. The van der Waals surface area contributed by atoms with E-state index in [9.17, 15) is 17.2 Å². The van der Waals surface area contributed by atoms with Gasteiger partial charge in [-0.25, -0.2) is 27.3 Å². The molecule has 5 nitrogen and oxygen atoms in total. The van der Waals surface area contributed by atoms with Crippen LogP contribution in [0.5, 0.6) is 5.75 Å². The molecule has 0 aromatic carbocycles. The van der Waals surface area contributed by atoms with Gasteiger partial charge in [0.25, 0.3) is 16.4 Å². The molecule has 1 aromatic heterocycles. The van der Waals surface area contributed by atoms with E-state index in [0.717, 1.165) is 12.3 Å². The fourth-order valence-corrected chi connectivity index (χ4v) is 1.63. The predicted molar refractivity (Wildman–Crippen MR) is 47.1 cm³/mol. The Morgan fingerprint density at radius 2 is 2.13 bits per heavy atom. The van der Waals surface area contributed by atoms with Gasteiger partial charge in [0.05, 0.1) is 18.9 Å². The van der Waals surface area contributed by atoms with Crippen molar-refractivity contribution >= 4 is 10.0 Å². The quantitative estimate of drug-likeness (QED) is 0.839. The molecule has 0 saturated heterocycles. The molecule has 0 aliphatic heterocycles. The molecule has 0 unspecified atom stereocenters. The highest BCUT2D eigenvalue weighted by Gasteiger charge is 2.22. The van der Waals surface area contributed by atoms with Gasteiger partial charge in [-0.2, -0.15) is 0 Å². The molecule has 2 N–H and O–H groups in total. The second kappa shape index (κ2) is 4.07. The number of rotatable bonds is 3. The number of hydrogen-bond donors (Lipinski definition) is 1. The molecule has 0 aliphatic carbocycles. The van der Waals surface area contributed by atoms with Crippen molar-refractivity contribution in [2.24, 2.45) is 5.14 Å². The lowest BCUT2D eigenvalue weighted by Gasteiger charge is -2.07. The van der Waals surface area contributed by atoms with Crippen LogP contribution in [-0.2, 0) is 10.0 Å². The maximum Gasteiger partial charge on any atom is 0.266 e. The highest BCUT2D eigenvalue weighted by Crippen LogP contribution is 2.27. The van der Waals surface area contributed by atoms with Crippen LogP contribution in [0.1, 0.15) is 12.0 Å². The highest BCUT2D eigenvalue weighted by atomic mass is 32.2. The number of nitrogens with zero attached hydrogens (tertiary/aromatic N) is 1. The smallest absolute Gasteiger partial charge is 0.266 e. The molecule has 0 amide bonds. The van der Waals surface area contributed by atoms with Crippen LogP contribution in [0.15, 0.2) is 17.3 Å². The van der Waals surface area contributed by atoms with E-state index in [2.05, 4.69) is 9.72 Å². The number of methoxy groups -OCH3 is 1. The van der Waals surface area contributed by atoms with Crippen molar-refractivity contribution in [1.29, 1.82) is 0 Å². The van der Waals surface area contributed by atoms with Crippen molar-refractivity contribution in [3.05, 3.63) is 17.8 Å². The van der Waals surface area contributed by atoms with Gasteiger partial charge in [-0.1, -0.05) is 0 Å². The normalized spacial score (nSPS) is 11.8. The third-order valence-corrected chi connectivity index (χ3v) is 2.47. The lowest BCUT2D eigenvalue weighted by Crippen LogP contribution is -2.16. The molecule has 0 aliphatic rings. The summed E-state index contributed by atoms with van der Waals surface area (Å²) < 4.78 is 51.4. The Balaban J connectivity index is 3.41. The first-order valence-electron chi connectivity index (χ1n) is 3.71. The van der Waals surface area contributed by atoms with Gasteiger partial charge in [-0.05, 0) is 6.07 Å². The van der Waals surface area contributed by atoms with Gasteiger partial charge in [0.2, 0.25) is 0 Å². The maximum atomic E-state index is 12.5. The van der Waals surface area contributed by atoms with Crippen molar-refractivity contribution in [3.63, 3.8) is 0 Å². The largest absolute Gasteiger partial charge is 0.495 e. The number of pyridine rings is 1. The minimum Gasteiger partial charge on any atom is -0.495 e. The minimum atomic E-state index is -4.25. The predicted octanol–water partition coefficient (Wildman–Crippen LogP) is 0.675. The second-order valence-corrected chi connectivity index (χ2v) is 4.09. The standard InChI is InChI=1S/C7H8F2N2O3S/c1-14-4-2-5(6(8)9)7(11-3-4)15(10,12)13/h2-3,6H,1H3,(H2,10,12,13). The third kappa shape index (κ3) is 2.60. The zero-order chi connectivity index (χ0) is 11.6. The number of nitrogens with two attached hydrogens (primary N) is 1. The van der Waals surface area contributed by atoms with E-state index in [1.54, 1.807) is 0 Å². The summed E-state index contributed by atoms with van der Waals surface area (Å²) in [7, 11) is -3.00. The fraction of sp³-hybridized carbons (Fsp3) is 0.286. The Hall–Kier alpha value is -1.28. The molecule has 8 heteroatoms. The molecule has 0 fully saturated rings. The van der Waals surface area contributed by atoms with Crippen molar-refractivity contribution in [1.82, 2.24) is 4.98 Å². The molecule has 1 heterocycles. The molecule has 0 atom stereocenters. The van der Waals surface area contributed by atoms with E-state index in [4.69, 9.17) is 5.14 Å². The molecule has 0 radical (unpaired) electrons. The van der Waals surface area contributed by atoms with Crippen LogP contribution in [0.3, 0.4) is 0 Å². The van der Waals surface area contributed by atoms with Crippen LogP contribution >= 0.6 is 0 Å². The lowest BCUT2D eigenvalue weighted by atomic mass is 10.3. The third-order valence-electron chi connectivity index (χ3n) is 1.59. The maximum absolute atomic E-state index is 12.5. The van der Waals surface area contributed by atoms with Crippen molar-refractivity contribution in [2.75, 3.05) is 7.11 Å². The van der Waals surface area contributed by atoms with Crippen LogP contribution in [0.2, 0.25) is 0 Å². The Morgan fingerprint density at radius 1 is 1.53 bits per heavy atom.